The van der Waals surface area contributed by atoms with Gasteiger partial charge < -0.3 is 11.1 Å². The number of aromatic nitrogens is 1. The molecule has 1 aromatic heterocycles. The predicted molar refractivity (Wildman–Crippen MR) is 76.9 cm³/mol. The quantitative estimate of drug-likeness (QED) is 0.866. The number of hydrogen-bond donors (Lipinski definition) is 2. The van der Waals surface area contributed by atoms with E-state index in [0.29, 0.717) is 29.3 Å². The van der Waals surface area contributed by atoms with Crippen LogP contribution < -0.4 is 11.1 Å². The lowest BCUT2D eigenvalue weighted by atomic mass is 9.54. The van der Waals surface area contributed by atoms with Crippen LogP contribution in [0.5, 0.6) is 0 Å². The summed E-state index contributed by atoms with van der Waals surface area (Å²) in [6, 6.07) is 3.81. The number of amides is 1. The first-order valence-corrected chi connectivity index (χ1v) is 7.71. The highest BCUT2D eigenvalue weighted by molar-refractivity contribution is 5.92. The number of nitrogens with zero attached hydrogens (tertiary/aromatic N) is 1. The molecule has 3 N–H and O–H groups in total. The molecule has 4 heteroatoms. The Bertz CT molecular complexity index is 497. The highest BCUT2D eigenvalue weighted by Crippen LogP contribution is 2.53. The van der Waals surface area contributed by atoms with Crippen molar-refractivity contribution in [2.75, 3.05) is 5.73 Å². The van der Waals surface area contributed by atoms with Crippen LogP contribution in [-0.4, -0.2) is 16.9 Å². The van der Waals surface area contributed by atoms with Gasteiger partial charge >= 0.3 is 0 Å². The van der Waals surface area contributed by atoms with E-state index in [1.165, 1.54) is 32.1 Å². The van der Waals surface area contributed by atoms with E-state index in [0.717, 1.165) is 11.8 Å². The van der Waals surface area contributed by atoms with Crippen LogP contribution >= 0.6 is 0 Å². The molecule has 0 atom stereocenters. The Morgan fingerprint density at radius 2 is 1.75 bits per heavy atom. The number of nitrogen functional groups attached to an aromatic ring is 1. The third kappa shape index (κ3) is 1.98. The lowest BCUT2D eigenvalue weighted by Crippen LogP contribution is -2.55. The second-order valence-electron chi connectivity index (χ2n) is 6.91. The number of anilines is 1. The monoisotopic (exact) mass is 271 g/mol. The standard InChI is InChI=1S/C16H21N3O/c17-13-1-2-14(18-8-13)16(20)19-15-11-4-9-3-10(6-11)7-12(15)5-9/h1-2,8-12,15H,3-7,17H2,(H,19,20). The predicted octanol–water partition coefficient (Wildman–Crippen LogP) is 2.22. The summed E-state index contributed by atoms with van der Waals surface area (Å²) in [6.45, 7) is 0. The molecule has 4 fully saturated rings. The van der Waals surface area contributed by atoms with Crippen LogP contribution in [-0.2, 0) is 0 Å². The summed E-state index contributed by atoms with van der Waals surface area (Å²) in [4.78, 5) is 16.5. The summed E-state index contributed by atoms with van der Waals surface area (Å²) in [6.07, 6.45) is 8.24. The number of nitrogens with two attached hydrogens (primary N) is 1. The molecule has 1 heterocycles. The Hall–Kier alpha value is -1.58. The van der Waals surface area contributed by atoms with Gasteiger partial charge in [0.25, 0.3) is 5.91 Å². The average molecular weight is 271 g/mol. The Kier molecular flexibility index (Phi) is 2.72. The van der Waals surface area contributed by atoms with Gasteiger partial charge in [0.2, 0.25) is 0 Å². The molecular weight excluding hydrogens is 250 g/mol. The Morgan fingerprint density at radius 3 is 2.30 bits per heavy atom. The zero-order chi connectivity index (χ0) is 13.7. The lowest BCUT2D eigenvalue weighted by Gasteiger charge is -2.54. The number of carbonyl (C=O) groups is 1. The maximum Gasteiger partial charge on any atom is 0.270 e. The van der Waals surface area contributed by atoms with Crippen molar-refractivity contribution >= 4 is 11.6 Å². The summed E-state index contributed by atoms with van der Waals surface area (Å²) >= 11 is 0. The van der Waals surface area contributed by atoms with E-state index in [1.807, 2.05) is 0 Å². The molecular formula is C16H21N3O. The highest BCUT2D eigenvalue weighted by atomic mass is 16.1. The van der Waals surface area contributed by atoms with Crippen molar-refractivity contribution in [3.63, 3.8) is 0 Å². The molecule has 0 aliphatic heterocycles. The van der Waals surface area contributed by atoms with E-state index in [9.17, 15) is 4.79 Å². The Labute approximate surface area is 119 Å². The molecule has 4 saturated carbocycles. The molecule has 4 bridgehead atoms. The lowest BCUT2D eigenvalue weighted by molar-refractivity contribution is -0.0120. The smallest absolute Gasteiger partial charge is 0.270 e. The van der Waals surface area contributed by atoms with Crippen LogP contribution in [0.25, 0.3) is 0 Å². The summed E-state index contributed by atoms with van der Waals surface area (Å²) in [5, 5.41) is 3.26. The Morgan fingerprint density at radius 1 is 1.10 bits per heavy atom. The average Bonchev–Trinajstić information content (AvgIpc) is 2.42. The SMILES string of the molecule is Nc1ccc(C(=O)NC2C3CC4CC(C3)CC2C4)nc1. The molecule has 0 unspecified atom stereocenters. The van der Waals surface area contributed by atoms with Crippen molar-refractivity contribution < 1.29 is 4.79 Å². The normalized spacial score (nSPS) is 37.9. The molecule has 4 aliphatic carbocycles. The van der Waals surface area contributed by atoms with E-state index >= 15 is 0 Å². The molecule has 0 aromatic carbocycles. The summed E-state index contributed by atoms with van der Waals surface area (Å²) < 4.78 is 0. The summed E-state index contributed by atoms with van der Waals surface area (Å²) in [5.41, 5.74) is 6.69. The zero-order valence-electron chi connectivity index (χ0n) is 11.6. The maximum absolute atomic E-state index is 12.3. The number of hydrogen-bond acceptors (Lipinski definition) is 3. The van der Waals surface area contributed by atoms with Crippen LogP contribution in [0.2, 0.25) is 0 Å². The van der Waals surface area contributed by atoms with E-state index in [-0.39, 0.29) is 5.91 Å². The van der Waals surface area contributed by atoms with Crippen molar-refractivity contribution in [3.8, 4) is 0 Å². The summed E-state index contributed by atoms with van der Waals surface area (Å²) in [5.74, 6) is 3.22. The maximum atomic E-state index is 12.3. The molecule has 20 heavy (non-hydrogen) atoms. The van der Waals surface area contributed by atoms with E-state index in [1.54, 1.807) is 18.3 Å². The number of pyridine rings is 1. The van der Waals surface area contributed by atoms with Gasteiger partial charge in [0.1, 0.15) is 5.69 Å². The van der Waals surface area contributed by atoms with Crippen molar-refractivity contribution in [1.29, 1.82) is 0 Å². The van der Waals surface area contributed by atoms with E-state index in [4.69, 9.17) is 5.73 Å². The number of carbonyl (C=O) groups excluding carboxylic acids is 1. The third-order valence-electron chi connectivity index (χ3n) is 5.54. The van der Waals surface area contributed by atoms with Crippen LogP contribution in [0.4, 0.5) is 5.69 Å². The molecule has 1 aromatic rings. The van der Waals surface area contributed by atoms with Gasteiger partial charge in [-0.1, -0.05) is 0 Å². The second kappa shape index (κ2) is 4.47. The van der Waals surface area contributed by atoms with E-state index < -0.39 is 0 Å². The summed E-state index contributed by atoms with van der Waals surface area (Å²) in [7, 11) is 0. The Balaban J connectivity index is 1.49. The topological polar surface area (TPSA) is 68.0 Å². The van der Waals surface area contributed by atoms with Gasteiger partial charge in [-0.2, -0.15) is 0 Å². The number of rotatable bonds is 2. The van der Waals surface area contributed by atoms with Gasteiger partial charge in [-0.25, -0.2) is 4.98 Å². The first-order chi connectivity index (χ1) is 9.69. The minimum Gasteiger partial charge on any atom is -0.397 e. The van der Waals surface area contributed by atoms with Crippen LogP contribution in [0.1, 0.15) is 42.6 Å². The van der Waals surface area contributed by atoms with Gasteiger partial charge in [-0.15, -0.1) is 0 Å². The highest BCUT2D eigenvalue weighted by Gasteiger charge is 2.48. The molecule has 0 spiro atoms. The first kappa shape index (κ1) is 12.2. The minimum atomic E-state index is -0.0394. The zero-order valence-corrected chi connectivity index (χ0v) is 11.6. The van der Waals surface area contributed by atoms with Crippen molar-refractivity contribution in [2.24, 2.45) is 23.7 Å². The molecule has 4 nitrogen and oxygen atoms in total. The van der Waals surface area contributed by atoms with Crippen molar-refractivity contribution in [2.45, 2.75) is 38.1 Å². The van der Waals surface area contributed by atoms with Gasteiger partial charge in [-0.3, -0.25) is 4.79 Å². The molecule has 5 rings (SSSR count). The second-order valence-corrected chi connectivity index (χ2v) is 6.91. The molecule has 106 valence electrons. The van der Waals surface area contributed by atoms with Crippen LogP contribution in [0.15, 0.2) is 18.3 Å². The first-order valence-electron chi connectivity index (χ1n) is 7.71. The van der Waals surface area contributed by atoms with E-state index in [2.05, 4.69) is 10.3 Å². The van der Waals surface area contributed by atoms with Crippen LogP contribution in [0.3, 0.4) is 0 Å². The molecule has 0 radical (unpaired) electrons. The molecule has 0 saturated heterocycles. The largest absolute Gasteiger partial charge is 0.397 e. The van der Waals surface area contributed by atoms with Gasteiger partial charge in [0, 0.05) is 6.04 Å². The van der Waals surface area contributed by atoms with Crippen molar-refractivity contribution in [1.82, 2.24) is 10.3 Å². The molecule has 1 amide bonds. The number of nitrogens with one attached hydrogen (secondary N) is 1. The third-order valence-corrected chi connectivity index (χ3v) is 5.54. The van der Waals surface area contributed by atoms with Crippen molar-refractivity contribution in [3.05, 3.63) is 24.0 Å². The fourth-order valence-electron chi connectivity index (χ4n) is 4.93. The minimum absolute atomic E-state index is 0.0394. The van der Waals surface area contributed by atoms with Gasteiger partial charge in [0.15, 0.2) is 0 Å². The fourth-order valence-corrected chi connectivity index (χ4v) is 4.93. The fraction of sp³-hybridized carbons (Fsp3) is 0.625. The molecule has 4 aliphatic rings. The van der Waals surface area contributed by atoms with Crippen LogP contribution in [0, 0.1) is 23.7 Å². The van der Waals surface area contributed by atoms with Gasteiger partial charge in [0.05, 0.1) is 11.9 Å². The van der Waals surface area contributed by atoms with Gasteiger partial charge in [-0.05, 0) is 67.9 Å².